The number of unbranched alkanes of at least 4 members (excludes halogenated alkanes) is 1. The number of anilines is 1. The second kappa shape index (κ2) is 12.8. The maximum absolute atomic E-state index is 14.0. The lowest BCUT2D eigenvalue weighted by Gasteiger charge is -2.31. The van der Waals surface area contributed by atoms with Crippen molar-refractivity contribution in [2.24, 2.45) is 0 Å². The number of hydrogen-bond acceptors (Lipinski definition) is 4. The summed E-state index contributed by atoms with van der Waals surface area (Å²) in [5.74, 6) is 0.123. The number of halogens is 3. The van der Waals surface area contributed by atoms with E-state index >= 15 is 0 Å². The molecule has 1 aliphatic carbocycles. The molecule has 0 aliphatic heterocycles. The fourth-order valence-electron chi connectivity index (χ4n) is 5.94. The zero-order valence-corrected chi connectivity index (χ0v) is 23.9. The van der Waals surface area contributed by atoms with Crippen LogP contribution in [0.2, 0.25) is 0 Å². The summed E-state index contributed by atoms with van der Waals surface area (Å²) in [6, 6.07) is 26.3. The van der Waals surface area contributed by atoms with E-state index in [2.05, 4.69) is 10.3 Å². The van der Waals surface area contributed by atoms with Gasteiger partial charge in [0.1, 0.15) is 5.78 Å². The SMILES string of the molecule is Cc1cc(NC(=O)c2ccccc2)cnc1OCCCC1(C(=O)CCCCC(F)(F)F)c2ccccc2-c2ccccc21. The van der Waals surface area contributed by atoms with Crippen molar-refractivity contribution in [1.29, 1.82) is 0 Å². The summed E-state index contributed by atoms with van der Waals surface area (Å²) in [4.78, 5) is 30.9. The predicted octanol–water partition coefficient (Wildman–Crippen LogP) is 8.46. The molecule has 1 heterocycles. The van der Waals surface area contributed by atoms with Crippen LogP contribution in [0.1, 0.15) is 65.6 Å². The maximum atomic E-state index is 14.0. The number of aryl methyl sites for hydroxylation is 1. The summed E-state index contributed by atoms with van der Waals surface area (Å²) in [5.41, 5.74) is 4.63. The van der Waals surface area contributed by atoms with Crippen LogP contribution in [0, 0.1) is 6.92 Å². The topological polar surface area (TPSA) is 68.3 Å². The Morgan fingerprint density at radius 3 is 2.12 bits per heavy atom. The lowest BCUT2D eigenvalue weighted by Crippen LogP contribution is -2.36. The number of hydrogen-bond donors (Lipinski definition) is 1. The van der Waals surface area contributed by atoms with Crippen molar-refractivity contribution in [2.45, 2.75) is 57.0 Å². The van der Waals surface area contributed by atoms with Crippen molar-refractivity contribution in [3.63, 3.8) is 0 Å². The number of aromatic nitrogens is 1. The average molecular weight is 587 g/mol. The number of pyridine rings is 1. The van der Waals surface area contributed by atoms with E-state index in [0.29, 0.717) is 30.0 Å². The van der Waals surface area contributed by atoms with Gasteiger partial charge in [0.05, 0.1) is 23.9 Å². The van der Waals surface area contributed by atoms with Crippen molar-refractivity contribution < 1.29 is 27.5 Å². The van der Waals surface area contributed by atoms with Gasteiger partial charge in [0.15, 0.2) is 0 Å². The van der Waals surface area contributed by atoms with Crippen LogP contribution in [0.3, 0.4) is 0 Å². The third-order valence-corrected chi connectivity index (χ3v) is 7.91. The highest BCUT2D eigenvalue weighted by Crippen LogP contribution is 2.52. The van der Waals surface area contributed by atoms with Crippen molar-refractivity contribution >= 4 is 17.4 Å². The van der Waals surface area contributed by atoms with Crippen LogP contribution in [-0.4, -0.2) is 29.5 Å². The largest absolute Gasteiger partial charge is 0.477 e. The molecule has 1 aliphatic rings. The molecule has 5 nitrogen and oxygen atoms in total. The van der Waals surface area contributed by atoms with Gasteiger partial charge in [-0.3, -0.25) is 9.59 Å². The predicted molar refractivity (Wildman–Crippen MR) is 160 cm³/mol. The first-order chi connectivity index (χ1) is 20.7. The minimum absolute atomic E-state index is 0.0659. The van der Waals surface area contributed by atoms with Gasteiger partial charge in [0.2, 0.25) is 5.88 Å². The molecule has 0 saturated heterocycles. The van der Waals surface area contributed by atoms with E-state index in [0.717, 1.165) is 27.8 Å². The molecule has 1 amide bonds. The Balaban J connectivity index is 1.29. The van der Waals surface area contributed by atoms with E-state index < -0.39 is 18.0 Å². The Morgan fingerprint density at radius 2 is 1.49 bits per heavy atom. The summed E-state index contributed by atoms with van der Waals surface area (Å²) < 4.78 is 44.3. The van der Waals surface area contributed by atoms with Crippen LogP contribution in [0.4, 0.5) is 18.9 Å². The van der Waals surface area contributed by atoms with Gasteiger partial charge in [-0.15, -0.1) is 0 Å². The number of amides is 1. The van der Waals surface area contributed by atoms with Crippen LogP contribution in [0.25, 0.3) is 11.1 Å². The highest BCUT2D eigenvalue weighted by molar-refractivity contribution is 6.04. The van der Waals surface area contributed by atoms with Gasteiger partial charge in [-0.25, -0.2) is 4.98 Å². The Bertz CT molecular complexity index is 1560. The van der Waals surface area contributed by atoms with Gasteiger partial charge >= 0.3 is 6.18 Å². The lowest BCUT2D eigenvalue weighted by atomic mass is 9.70. The molecule has 0 atom stereocenters. The first-order valence-electron chi connectivity index (χ1n) is 14.4. The van der Waals surface area contributed by atoms with Crippen LogP contribution >= 0.6 is 0 Å². The number of nitrogens with zero attached hydrogens (tertiary/aromatic N) is 1. The second-order valence-electron chi connectivity index (χ2n) is 10.9. The number of Topliss-reactive ketones (excluding diaryl/α,β-unsaturated/α-hetero) is 1. The van der Waals surface area contributed by atoms with Gasteiger partial charge in [-0.2, -0.15) is 13.2 Å². The van der Waals surface area contributed by atoms with Gasteiger partial charge < -0.3 is 10.1 Å². The number of alkyl halides is 3. The van der Waals surface area contributed by atoms with Crippen LogP contribution in [0.5, 0.6) is 5.88 Å². The van der Waals surface area contributed by atoms with Crippen molar-refractivity contribution in [1.82, 2.24) is 4.98 Å². The molecule has 43 heavy (non-hydrogen) atoms. The fourth-order valence-corrected chi connectivity index (χ4v) is 5.94. The maximum Gasteiger partial charge on any atom is 0.389 e. The molecule has 4 aromatic rings. The van der Waals surface area contributed by atoms with E-state index in [1.807, 2.05) is 61.5 Å². The van der Waals surface area contributed by atoms with E-state index in [1.54, 1.807) is 36.5 Å². The van der Waals surface area contributed by atoms with Gasteiger partial charge in [0.25, 0.3) is 5.91 Å². The number of carbonyl (C=O) groups is 2. The fraction of sp³-hybridized carbons (Fsp3) is 0.286. The Kier molecular flexibility index (Phi) is 8.94. The monoisotopic (exact) mass is 586 g/mol. The molecular formula is C35H33F3N2O3. The molecule has 0 saturated carbocycles. The third kappa shape index (κ3) is 6.63. The number of rotatable bonds is 12. The van der Waals surface area contributed by atoms with Gasteiger partial charge in [-0.05, 0) is 73.1 Å². The normalized spacial score (nSPS) is 13.2. The molecule has 0 bridgehead atoms. The van der Waals surface area contributed by atoms with Gasteiger partial charge in [0, 0.05) is 24.0 Å². The van der Waals surface area contributed by atoms with E-state index in [-0.39, 0.29) is 37.6 Å². The molecular weight excluding hydrogens is 553 g/mol. The highest BCUT2D eigenvalue weighted by Gasteiger charge is 2.47. The highest BCUT2D eigenvalue weighted by atomic mass is 19.4. The number of nitrogens with one attached hydrogen (secondary N) is 1. The van der Waals surface area contributed by atoms with Crippen molar-refractivity contribution in [2.75, 3.05) is 11.9 Å². The lowest BCUT2D eigenvalue weighted by molar-refractivity contribution is -0.136. The summed E-state index contributed by atoms with van der Waals surface area (Å²) in [6.45, 7) is 2.13. The average Bonchev–Trinajstić information content (AvgIpc) is 3.29. The molecule has 0 spiro atoms. The number of benzene rings is 3. The zero-order valence-electron chi connectivity index (χ0n) is 23.9. The second-order valence-corrected chi connectivity index (χ2v) is 10.9. The molecule has 0 fully saturated rings. The van der Waals surface area contributed by atoms with Crippen LogP contribution < -0.4 is 10.1 Å². The molecule has 0 unspecified atom stereocenters. The van der Waals surface area contributed by atoms with E-state index in [9.17, 15) is 22.8 Å². The summed E-state index contributed by atoms with van der Waals surface area (Å²) in [7, 11) is 0. The van der Waals surface area contributed by atoms with Crippen LogP contribution in [0.15, 0.2) is 91.1 Å². The first kappa shape index (κ1) is 30.0. The Morgan fingerprint density at radius 1 is 0.860 bits per heavy atom. The number of ketones is 1. The first-order valence-corrected chi connectivity index (χ1v) is 14.4. The molecule has 8 heteroatoms. The van der Waals surface area contributed by atoms with Gasteiger partial charge in [-0.1, -0.05) is 66.7 Å². The number of ether oxygens (including phenoxy) is 1. The molecule has 1 aromatic heterocycles. The Labute approximate surface area is 249 Å². The van der Waals surface area contributed by atoms with Crippen molar-refractivity contribution in [3.8, 4) is 17.0 Å². The minimum atomic E-state index is -4.23. The molecule has 3 aromatic carbocycles. The molecule has 0 radical (unpaired) electrons. The smallest absolute Gasteiger partial charge is 0.389 e. The summed E-state index contributed by atoms with van der Waals surface area (Å²) >= 11 is 0. The molecule has 5 rings (SSSR count). The number of fused-ring (bicyclic) bond motifs is 3. The molecule has 222 valence electrons. The van der Waals surface area contributed by atoms with E-state index in [4.69, 9.17) is 4.74 Å². The number of carbonyl (C=O) groups excluding carboxylic acids is 2. The minimum Gasteiger partial charge on any atom is -0.477 e. The standard InChI is InChI=1S/C35H33F3N2O3/c1-24-22-26(40-32(42)25-12-3-2-4-13-25)23-39-33(24)43-21-11-19-34(31(41)18-9-10-20-35(36,37)38)29-16-7-5-14-27(29)28-15-6-8-17-30(28)34/h2-8,12-17,22-23H,9-11,18-21H2,1H3,(H,40,42). The summed E-state index contributed by atoms with van der Waals surface area (Å²) in [5, 5.41) is 2.84. The quantitative estimate of drug-likeness (QED) is 0.169. The van der Waals surface area contributed by atoms with E-state index in [1.165, 1.54) is 0 Å². The third-order valence-electron chi connectivity index (χ3n) is 7.91. The summed E-state index contributed by atoms with van der Waals surface area (Å²) in [6.07, 6.45) is -2.46. The van der Waals surface area contributed by atoms with Crippen LogP contribution in [-0.2, 0) is 10.2 Å². The Hall–Kier alpha value is -4.46. The zero-order chi connectivity index (χ0) is 30.5. The molecule has 1 N–H and O–H groups in total. The van der Waals surface area contributed by atoms with Crippen molar-refractivity contribution in [3.05, 3.63) is 113 Å².